The molecule has 0 unspecified atom stereocenters. The van der Waals surface area contributed by atoms with Crippen molar-refractivity contribution >= 4 is 44.8 Å². The van der Waals surface area contributed by atoms with Gasteiger partial charge in [0.15, 0.2) is 24.3 Å². The summed E-state index contributed by atoms with van der Waals surface area (Å²) in [7, 11) is 0. The van der Waals surface area contributed by atoms with E-state index in [2.05, 4.69) is 30.7 Å². The number of carbonyl (C=O) groups excluding carboxylic acids is 2. The molecular formula is C32H21BrF12N4O8. The van der Waals surface area contributed by atoms with Crippen molar-refractivity contribution < 1.29 is 81.6 Å². The molecule has 0 atom stereocenters. The third-order valence-electron chi connectivity index (χ3n) is 6.41. The van der Waals surface area contributed by atoms with Gasteiger partial charge >= 0.3 is 24.2 Å². The van der Waals surface area contributed by atoms with E-state index in [-0.39, 0.29) is 11.4 Å². The molecule has 0 bridgehead atoms. The number of nitro groups is 2. The first kappa shape index (κ1) is 47.0. The van der Waals surface area contributed by atoms with E-state index in [1.807, 2.05) is 0 Å². The van der Waals surface area contributed by atoms with Gasteiger partial charge in [0.05, 0.1) is 9.85 Å². The Bertz CT molecular complexity index is 2090. The molecule has 4 rings (SSSR count). The average molecular weight is 897 g/mol. The van der Waals surface area contributed by atoms with E-state index in [0.29, 0.717) is 4.47 Å². The highest BCUT2D eigenvalue weighted by molar-refractivity contribution is 9.10. The van der Waals surface area contributed by atoms with Gasteiger partial charge in [0.2, 0.25) is 0 Å². The fraction of sp³-hybridized carbons (Fsp3) is 0.188. The molecule has 12 nitrogen and oxygen atoms in total. The number of anilines is 1. The van der Waals surface area contributed by atoms with Crippen molar-refractivity contribution in [3.63, 3.8) is 0 Å². The molecule has 0 aliphatic carbocycles. The number of nitro benzene ring substituents is 2. The first-order valence-electron chi connectivity index (χ1n) is 14.7. The standard InChI is InChI=1S/C16H10F6N2O4.C9H6BrF5O.C7H5FN2O3/c17-11-5-2-6-12(24(26)27)13(11)14(25)23-9-3-1-4-10(7-9)28-8-15(18,19)16(20,21)22;10-6-2-1-3-7(4-6)16-5-8(11,12)9(13,14)15;8-4-2-1-3-5(10(12)13)6(4)7(9)11/h1-7H,8H2,(H,23,25);1-4H,5H2;1-3H,(H2,9,11). The second kappa shape index (κ2) is 19.1. The van der Waals surface area contributed by atoms with Crippen LogP contribution in [0.3, 0.4) is 0 Å². The number of nitrogens with zero attached hydrogens (tertiary/aromatic N) is 2. The van der Waals surface area contributed by atoms with E-state index in [1.54, 1.807) is 6.07 Å². The molecule has 3 N–H and O–H groups in total. The summed E-state index contributed by atoms with van der Waals surface area (Å²) in [6.45, 7) is -3.72. The minimum atomic E-state index is -5.80. The Morgan fingerprint density at radius 2 is 1.05 bits per heavy atom. The predicted molar refractivity (Wildman–Crippen MR) is 176 cm³/mol. The van der Waals surface area contributed by atoms with Crippen LogP contribution in [-0.2, 0) is 0 Å². The van der Waals surface area contributed by atoms with Crippen LogP contribution >= 0.6 is 15.9 Å². The Morgan fingerprint density at radius 1 is 0.649 bits per heavy atom. The van der Waals surface area contributed by atoms with E-state index in [9.17, 15) is 82.5 Å². The largest absolute Gasteiger partial charge is 0.487 e. The normalized spacial score (nSPS) is 11.5. The second-order valence-corrected chi connectivity index (χ2v) is 11.5. The van der Waals surface area contributed by atoms with E-state index in [4.69, 9.17) is 5.73 Å². The first-order valence-corrected chi connectivity index (χ1v) is 15.4. The van der Waals surface area contributed by atoms with Crippen LogP contribution in [0, 0.1) is 31.9 Å². The zero-order valence-corrected chi connectivity index (χ0v) is 29.2. The van der Waals surface area contributed by atoms with Gasteiger partial charge in [-0.1, -0.05) is 40.2 Å². The van der Waals surface area contributed by atoms with Gasteiger partial charge < -0.3 is 20.5 Å². The van der Waals surface area contributed by atoms with Crippen LogP contribution in [0.15, 0.2) is 89.4 Å². The van der Waals surface area contributed by atoms with Crippen LogP contribution in [0.4, 0.5) is 69.7 Å². The van der Waals surface area contributed by atoms with Crippen molar-refractivity contribution in [1.82, 2.24) is 0 Å². The maximum Gasteiger partial charge on any atom is 0.456 e. The molecule has 4 aromatic carbocycles. The lowest BCUT2D eigenvalue weighted by Crippen LogP contribution is -2.41. The zero-order valence-electron chi connectivity index (χ0n) is 27.6. The van der Waals surface area contributed by atoms with E-state index in [1.165, 1.54) is 24.3 Å². The quantitative estimate of drug-likeness (QED) is 0.0850. The Balaban J connectivity index is 0.000000326. The van der Waals surface area contributed by atoms with Crippen molar-refractivity contribution in [2.45, 2.75) is 24.2 Å². The monoisotopic (exact) mass is 896 g/mol. The zero-order chi connectivity index (χ0) is 43.5. The molecule has 0 spiro atoms. The highest BCUT2D eigenvalue weighted by atomic mass is 79.9. The smallest absolute Gasteiger partial charge is 0.456 e. The molecule has 57 heavy (non-hydrogen) atoms. The number of primary amides is 1. The lowest BCUT2D eigenvalue weighted by molar-refractivity contribution is -0.385. The van der Waals surface area contributed by atoms with E-state index in [0.717, 1.165) is 54.6 Å². The van der Waals surface area contributed by atoms with Crippen LogP contribution < -0.4 is 20.5 Å². The van der Waals surface area contributed by atoms with Gasteiger partial charge in [-0.2, -0.15) is 43.9 Å². The maximum atomic E-state index is 13.8. The fourth-order valence-corrected chi connectivity index (χ4v) is 4.10. The summed E-state index contributed by atoms with van der Waals surface area (Å²) in [6, 6.07) is 15.8. The first-order chi connectivity index (χ1) is 26.2. The van der Waals surface area contributed by atoms with Gasteiger partial charge in [-0.3, -0.25) is 29.8 Å². The summed E-state index contributed by atoms with van der Waals surface area (Å²) in [4.78, 5) is 42.2. The molecule has 0 aliphatic rings. The van der Waals surface area contributed by atoms with Crippen molar-refractivity contribution in [2.24, 2.45) is 5.73 Å². The molecule has 4 aromatic rings. The van der Waals surface area contributed by atoms with E-state index < -0.39 is 99.0 Å². The Morgan fingerprint density at radius 3 is 1.46 bits per heavy atom. The number of rotatable bonds is 11. The summed E-state index contributed by atoms with van der Waals surface area (Å²) in [5.74, 6) is -15.0. The Kier molecular flexibility index (Phi) is 15.8. The highest BCUT2D eigenvalue weighted by Crippen LogP contribution is 2.37. The lowest BCUT2D eigenvalue weighted by atomic mass is 10.1. The SMILES string of the molecule is FC(F)(F)C(F)(F)COc1cccc(Br)c1.NC(=O)c1c(F)cccc1[N+](=O)[O-].O=C(Nc1cccc(OCC(F)(F)C(F)(F)F)c1)c1c(F)cccc1[N+](=O)[O-]. The molecule has 0 radical (unpaired) electrons. The molecule has 0 aliphatic heterocycles. The van der Waals surface area contributed by atoms with Crippen molar-refractivity contribution in [3.05, 3.63) is 132 Å². The molecule has 25 heteroatoms. The number of hydrogen-bond acceptors (Lipinski definition) is 8. The van der Waals surface area contributed by atoms with Crippen molar-refractivity contribution in [3.8, 4) is 11.5 Å². The van der Waals surface area contributed by atoms with E-state index >= 15 is 0 Å². The minimum absolute atomic E-state index is 0.0571. The topological polar surface area (TPSA) is 177 Å². The number of alkyl halides is 10. The summed E-state index contributed by atoms with van der Waals surface area (Å²) in [6.07, 6.45) is -11.4. The van der Waals surface area contributed by atoms with Crippen molar-refractivity contribution in [1.29, 1.82) is 0 Å². The third kappa shape index (κ3) is 13.5. The number of nitrogens with two attached hydrogens (primary N) is 1. The molecule has 2 amide bonds. The van der Waals surface area contributed by atoms with Gasteiger partial charge in [0, 0.05) is 28.4 Å². The van der Waals surface area contributed by atoms with Gasteiger partial charge in [-0.05, 0) is 42.5 Å². The average Bonchev–Trinajstić information content (AvgIpc) is 3.09. The number of halogens is 13. The van der Waals surface area contributed by atoms with Crippen LogP contribution in [0.2, 0.25) is 0 Å². The number of amides is 2. The molecule has 0 aromatic heterocycles. The summed E-state index contributed by atoms with van der Waals surface area (Å²) in [5, 5.41) is 23.3. The van der Waals surface area contributed by atoms with Crippen LogP contribution in [-0.4, -0.2) is 59.1 Å². The Labute approximate surface area is 318 Å². The second-order valence-electron chi connectivity index (χ2n) is 10.6. The molecule has 0 saturated carbocycles. The molecule has 308 valence electrons. The molecule has 0 saturated heterocycles. The number of ether oxygens (including phenoxy) is 2. The fourth-order valence-electron chi connectivity index (χ4n) is 3.72. The molecule has 0 fully saturated rings. The minimum Gasteiger partial charge on any atom is -0.487 e. The molecule has 0 heterocycles. The summed E-state index contributed by atoms with van der Waals surface area (Å²) in [5.41, 5.74) is 1.61. The van der Waals surface area contributed by atoms with Gasteiger partial charge in [-0.25, -0.2) is 8.78 Å². The number of nitrogens with one attached hydrogen (secondary N) is 1. The number of carbonyl (C=O) groups is 2. The lowest BCUT2D eigenvalue weighted by Gasteiger charge is -2.20. The number of hydrogen-bond donors (Lipinski definition) is 2. The van der Waals surface area contributed by atoms with Crippen LogP contribution in [0.1, 0.15) is 20.7 Å². The Hall–Kier alpha value is -6.14. The van der Waals surface area contributed by atoms with Gasteiger partial charge in [0.25, 0.3) is 23.2 Å². The van der Waals surface area contributed by atoms with Gasteiger partial charge in [0.1, 0.15) is 23.1 Å². The molecular weight excluding hydrogens is 876 g/mol. The number of benzene rings is 4. The summed E-state index contributed by atoms with van der Waals surface area (Å²) < 4.78 is 158. The van der Waals surface area contributed by atoms with Crippen LogP contribution in [0.25, 0.3) is 0 Å². The van der Waals surface area contributed by atoms with Crippen molar-refractivity contribution in [2.75, 3.05) is 18.5 Å². The predicted octanol–water partition coefficient (Wildman–Crippen LogP) is 9.42. The summed E-state index contributed by atoms with van der Waals surface area (Å²) >= 11 is 3.03. The highest BCUT2D eigenvalue weighted by Gasteiger charge is 2.59. The maximum absolute atomic E-state index is 13.8. The van der Waals surface area contributed by atoms with Gasteiger partial charge in [-0.15, -0.1) is 0 Å². The van der Waals surface area contributed by atoms with Crippen LogP contribution in [0.5, 0.6) is 11.5 Å². The third-order valence-corrected chi connectivity index (χ3v) is 6.90.